The second-order valence-corrected chi connectivity index (χ2v) is 6.07. The van der Waals surface area contributed by atoms with Crippen molar-refractivity contribution in [3.05, 3.63) is 34.2 Å². The molecule has 0 unspecified atom stereocenters. The van der Waals surface area contributed by atoms with Crippen molar-refractivity contribution in [2.75, 3.05) is 0 Å². The van der Waals surface area contributed by atoms with Crippen molar-refractivity contribution < 1.29 is 14.7 Å². The Morgan fingerprint density at radius 3 is 2.67 bits per heavy atom. The molecule has 0 fully saturated rings. The Kier molecular flexibility index (Phi) is 4.76. The maximum Gasteiger partial charge on any atom is 0.325 e. The normalized spacial score (nSPS) is 11.9. The summed E-state index contributed by atoms with van der Waals surface area (Å²) in [6.45, 7) is 1.42. The highest BCUT2D eigenvalue weighted by Crippen LogP contribution is 2.34. The van der Waals surface area contributed by atoms with Gasteiger partial charge < -0.3 is 10.4 Å². The average molecular weight is 343 g/mol. The molecule has 0 saturated heterocycles. The summed E-state index contributed by atoms with van der Waals surface area (Å²) in [5, 5.41) is 14.8. The third-order valence-corrected chi connectivity index (χ3v) is 4.58. The predicted octanol–water partition coefficient (Wildman–Crippen LogP) is 2.63. The Hall–Kier alpha value is -1.70. The maximum atomic E-state index is 12.1. The average Bonchev–Trinajstić information content (AvgIpc) is 2.76. The Morgan fingerprint density at radius 1 is 1.38 bits per heavy atom. The number of carboxylic acids is 1. The Balaban J connectivity index is 2.14. The van der Waals surface area contributed by atoms with Crippen LogP contribution >= 0.6 is 35.2 Å². The summed E-state index contributed by atoms with van der Waals surface area (Å²) in [4.78, 5) is 23.2. The third kappa shape index (κ3) is 3.49. The minimum absolute atomic E-state index is 0.0524. The quantitative estimate of drug-likeness (QED) is 0.747. The van der Waals surface area contributed by atoms with Crippen molar-refractivity contribution in [2.45, 2.75) is 13.0 Å². The van der Waals surface area contributed by atoms with Gasteiger partial charge in [-0.2, -0.15) is 0 Å². The van der Waals surface area contributed by atoms with Gasteiger partial charge in [0.15, 0.2) is 5.11 Å². The monoisotopic (exact) mass is 342 g/mol. The van der Waals surface area contributed by atoms with Gasteiger partial charge in [-0.05, 0) is 25.2 Å². The summed E-state index contributed by atoms with van der Waals surface area (Å²) in [5.74, 6) is -1.53. The molecule has 110 valence electrons. The van der Waals surface area contributed by atoms with Gasteiger partial charge >= 0.3 is 5.97 Å². The van der Waals surface area contributed by atoms with Gasteiger partial charge in [-0.15, -0.1) is 11.3 Å². The second kappa shape index (κ2) is 6.38. The van der Waals surface area contributed by atoms with Crippen LogP contribution in [0.4, 0.5) is 0 Å². The number of fused-ring (bicyclic) bond motifs is 1. The van der Waals surface area contributed by atoms with Gasteiger partial charge in [-0.25, -0.2) is 0 Å². The summed E-state index contributed by atoms with van der Waals surface area (Å²) < 4.78 is 0.894. The van der Waals surface area contributed by atoms with Crippen LogP contribution in [0.15, 0.2) is 24.3 Å². The molecule has 0 aliphatic heterocycles. The fourth-order valence-corrected chi connectivity index (χ4v) is 3.30. The van der Waals surface area contributed by atoms with Crippen LogP contribution in [0.25, 0.3) is 10.1 Å². The predicted molar refractivity (Wildman–Crippen MR) is 87.1 cm³/mol. The molecule has 1 heterocycles. The van der Waals surface area contributed by atoms with Gasteiger partial charge in [-0.1, -0.05) is 29.8 Å². The molecular weight excluding hydrogens is 332 g/mol. The largest absolute Gasteiger partial charge is 0.480 e. The van der Waals surface area contributed by atoms with Gasteiger partial charge in [0.1, 0.15) is 10.9 Å². The van der Waals surface area contributed by atoms with Gasteiger partial charge in [-0.3, -0.25) is 14.9 Å². The van der Waals surface area contributed by atoms with E-state index in [4.69, 9.17) is 28.9 Å². The zero-order valence-corrected chi connectivity index (χ0v) is 13.2. The molecule has 3 N–H and O–H groups in total. The van der Waals surface area contributed by atoms with Gasteiger partial charge in [0, 0.05) is 10.1 Å². The van der Waals surface area contributed by atoms with E-state index in [1.807, 2.05) is 24.3 Å². The molecule has 0 radical (unpaired) electrons. The summed E-state index contributed by atoms with van der Waals surface area (Å²) in [7, 11) is 0. The first-order valence-electron chi connectivity index (χ1n) is 5.92. The molecule has 21 heavy (non-hydrogen) atoms. The van der Waals surface area contributed by atoms with Crippen LogP contribution in [0.5, 0.6) is 0 Å². The molecule has 0 spiro atoms. The molecule has 2 aromatic rings. The first-order valence-corrected chi connectivity index (χ1v) is 7.52. The van der Waals surface area contributed by atoms with E-state index in [0.717, 1.165) is 10.1 Å². The van der Waals surface area contributed by atoms with Crippen LogP contribution in [0, 0.1) is 0 Å². The lowest BCUT2D eigenvalue weighted by atomic mass is 10.2. The van der Waals surface area contributed by atoms with Crippen LogP contribution in [0.1, 0.15) is 16.6 Å². The number of nitrogens with one attached hydrogen (secondary N) is 2. The SMILES string of the molecule is C[C@H](NC(=S)NC(=O)c1sc2ccccc2c1Cl)C(=O)O. The van der Waals surface area contributed by atoms with Crippen molar-refractivity contribution in [2.24, 2.45) is 0 Å². The van der Waals surface area contributed by atoms with E-state index in [1.165, 1.54) is 18.3 Å². The minimum Gasteiger partial charge on any atom is -0.480 e. The topological polar surface area (TPSA) is 78.4 Å². The van der Waals surface area contributed by atoms with E-state index in [0.29, 0.717) is 9.90 Å². The molecule has 0 bridgehead atoms. The van der Waals surface area contributed by atoms with Crippen molar-refractivity contribution in [1.82, 2.24) is 10.6 Å². The molecule has 1 aromatic heterocycles. The number of benzene rings is 1. The number of aliphatic carboxylic acids is 1. The number of thiocarbonyl (C=S) groups is 1. The number of halogens is 1. The molecule has 0 aliphatic carbocycles. The highest BCUT2D eigenvalue weighted by Gasteiger charge is 2.19. The van der Waals surface area contributed by atoms with Crippen molar-refractivity contribution >= 4 is 62.2 Å². The van der Waals surface area contributed by atoms with Crippen LogP contribution in [-0.4, -0.2) is 28.1 Å². The summed E-state index contributed by atoms with van der Waals surface area (Å²) >= 11 is 12.3. The number of amides is 1. The van der Waals surface area contributed by atoms with Gasteiger partial charge in [0.25, 0.3) is 5.91 Å². The smallest absolute Gasteiger partial charge is 0.325 e. The standard InChI is InChI=1S/C13H11ClN2O3S2/c1-6(12(18)19)15-13(20)16-11(17)10-9(14)7-4-2-3-5-8(7)21-10/h2-6H,1H3,(H,18,19)(H2,15,16,17,20)/t6-/m0/s1. The lowest BCUT2D eigenvalue weighted by Crippen LogP contribution is -2.46. The van der Waals surface area contributed by atoms with Crippen LogP contribution < -0.4 is 10.6 Å². The Morgan fingerprint density at radius 2 is 2.05 bits per heavy atom. The minimum atomic E-state index is -1.06. The van der Waals surface area contributed by atoms with E-state index in [1.54, 1.807) is 0 Å². The second-order valence-electron chi connectivity index (χ2n) is 4.23. The van der Waals surface area contributed by atoms with E-state index >= 15 is 0 Å². The zero-order chi connectivity index (χ0) is 15.6. The van der Waals surface area contributed by atoms with E-state index < -0.39 is 17.9 Å². The van der Waals surface area contributed by atoms with Crippen LogP contribution in [0.2, 0.25) is 5.02 Å². The molecular formula is C13H11ClN2O3S2. The molecule has 1 atom stereocenters. The molecule has 5 nitrogen and oxygen atoms in total. The van der Waals surface area contributed by atoms with Crippen molar-refractivity contribution in [3.8, 4) is 0 Å². The Labute approximate surface area is 134 Å². The molecule has 0 saturated carbocycles. The summed E-state index contributed by atoms with van der Waals surface area (Å²) in [6.07, 6.45) is 0. The fourth-order valence-electron chi connectivity index (χ4n) is 1.61. The van der Waals surface area contributed by atoms with Gasteiger partial charge in [0.05, 0.1) is 5.02 Å². The number of hydrogen-bond acceptors (Lipinski definition) is 4. The van der Waals surface area contributed by atoms with E-state index in [9.17, 15) is 9.59 Å². The fraction of sp³-hybridized carbons (Fsp3) is 0.154. The zero-order valence-electron chi connectivity index (χ0n) is 10.8. The van der Waals surface area contributed by atoms with E-state index in [-0.39, 0.29) is 5.11 Å². The van der Waals surface area contributed by atoms with Crippen molar-refractivity contribution in [1.29, 1.82) is 0 Å². The van der Waals surface area contributed by atoms with E-state index in [2.05, 4.69) is 10.6 Å². The van der Waals surface area contributed by atoms with Crippen LogP contribution in [-0.2, 0) is 4.79 Å². The van der Waals surface area contributed by atoms with Crippen molar-refractivity contribution in [3.63, 3.8) is 0 Å². The number of carboxylic acid groups (broad SMARTS) is 1. The number of carbonyl (C=O) groups excluding carboxylic acids is 1. The molecule has 1 aromatic carbocycles. The summed E-state index contributed by atoms with van der Waals surface area (Å²) in [6, 6.07) is 6.50. The number of carbonyl (C=O) groups is 2. The highest BCUT2D eigenvalue weighted by atomic mass is 35.5. The lowest BCUT2D eigenvalue weighted by molar-refractivity contribution is -0.138. The highest BCUT2D eigenvalue weighted by molar-refractivity contribution is 7.80. The Bertz CT molecular complexity index is 729. The molecule has 2 rings (SSSR count). The number of thiophene rings is 1. The first kappa shape index (κ1) is 15.7. The maximum absolute atomic E-state index is 12.1. The van der Waals surface area contributed by atoms with Crippen LogP contribution in [0.3, 0.4) is 0 Å². The molecule has 8 heteroatoms. The first-order chi connectivity index (χ1) is 9.90. The number of hydrogen-bond donors (Lipinski definition) is 3. The lowest BCUT2D eigenvalue weighted by Gasteiger charge is -2.12. The molecule has 0 aliphatic rings. The summed E-state index contributed by atoms with van der Waals surface area (Å²) in [5.41, 5.74) is 0. The molecule has 1 amide bonds. The van der Waals surface area contributed by atoms with Gasteiger partial charge in [0.2, 0.25) is 0 Å². The third-order valence-electron chi connectivity index (χ3n) is 2.69. The number of rotatable bonds is 3.